The Balaban J connectivity index is 1.46. The molecule has 0 aromatic heterocycles. The predicted octanol–water partition coefficient (Wildman–Crippen LogP) is 8.35. The number of allylic oxidation sites excluding steroid dienone is 6. The van der Waals surface area contributed by atoms with E-state index in [0.717, 1.165) is 75.4 Å². The van der Waals surface area contributed by atoms with Gasteiger partial charge in [-0.15, -0.1) is 4.33 Å². The summed E-state index contributed by atoms with van der Waals surface area (Å²) in [6.07, 6.45) is 12.6. The fraction of sp³-hybridized carbons (Fsp3) is 0.351. The molecule has 0 saturated carbocycles. The van der Waals surface area contributed by atoms with Crippen LogP contribution in [0.25, 0.3) is 10.8 Å². The van der Waals surface area contributed by atoms with Crippen LogP contribution in [-0.4, -0.2) is 52.7 Å². The third kappa shape index (κ3) is 7.40. The maximum Gasteiger partial charge on any atom is 0.303 e. The Kier molecular flexibility index (Phi) is 10.9. The summed E-state index contributed by atoms with van der Waals surface area (Å²) in [6.45, 7) is 12.0. The van der Waals surface area contributed by atoms with E-state index in [2.05, 4.69) is 63.0 Å². The molecule has 0 fully saturated rings. The lowest BCUT2D eigenvalue weighted by molar-refractivity contribution is -0.438. The van der Waals surface area contributed by atoms with E-state index in [1.807, 2.05) is 51.1 Å². The highest BCUT2D eigenvalue weighted by atomic mass is 32.2. The molecule has 3 aromatic carbocycles. The number of carbonyl (C=O) groups is 1. The summed E-state index contributed by atoms with van der Waals surface area (Å²) in [4.78, 5) is 13.9. The van der Waals surface area contributed by atoms with E-state index in [9.17, 15) is 17.8 Å². The van der Waals surface area contributed by atoms with Gasteiger partial charge in [0.05, 0.1) is 22.4 Å². The van der Waals surface area contributed by atoms with Crippen molar-refractivity contribution in [2.24, 2.45) is 0 Å². The molecule has 0 radical (unpaired) electrons. The van der Waals surface area contributed by atoms with Gasteiger partial charge in [0, 0.05) is 58.8 Å². The lowest BCUT2D eigenvalue weighted by Crippen LogP contribution is -2.28. The van der Waals surface area contributed by atoms with Crippen molar-refractivity contribution in [3.63, 3.8) is 0 Å². The predicted molar refractivity (Wildman–Crippen MR) is 192 cm³/mol. The van der Waals surface area contributed by atoms with Crippen molar-refractivity contribution in [2.75, 3.05) is 18.0 Å². The van der Waals surface area contributed by atoms with Gasteiger partial charge in [-0.1, -0.05) is 43.2 Å². The van der Waals surface area contributed by atoms with Gasteiger partial charge in [-0.25, -0.2) is 5.26 Å². The summed E-state index contributed by atoms with van der Waals surface area (Å²) >= 11 is 0.921. The quantitative estimate of drug-likeness (QED) is 0.0285. The van der Waals surface area contributed by atoms with Crippen molar-refractivity contribution >= 4 is 56.0 Å². The van der Waals surface area contributed by atoms with Gasteiger partial charge in [0.1, 0.15) is 6.54 Å². The van der Waals surface area contributed by atoms with Gasteiger partial charge >= 0.3 is 5.97 Å². The fourth-order valence-electron chi connectivity index (χ4n) is 7.16. The second-order valence-corrected chi connectivity index (χ2v) is 15.4. The van der Waals surface area contributed by atoms with E-state index in [1.54, 1.807) is 12.1 Å². The first kappa shape index (κ1) is 36.5. The zero-order valence-corrected chi connectivity index (χ0v) is 30.0. The van der Waals surface area contributed by atoms with Crippen LogP contribution in [0, 0.1) is 0 Å². The number of fused-ring (bicyclic) bond motifs is 4. The van der Waals surface area contributed by atoms with Crippen LogP contribution in [0.5, 0.6) is 0 Å². The molecular formula is C37H43N2O8S2+. The van der Waals surface area contributed by atoms with Crippen LogP contribution in [0.15, 0.2) is 94.4 Å². The van der Waals surface area contributed by atoms with E-state index < -0.39 is 21.5 Å². The molecule has 260 valence electrons. The van der Waals surface area contributed by atoms with Crippen molar-refractivity contribution in [2.45, 2.75) is 80.9 Å². The number of hydrogen-bond acceptors (Lipinski definition) is 8. The molecule has 0 bridgehead atoms. The molecule has 2 aliphatic heterocycles. The second kappa shape index (κ2) is 14.6. The maximum atomic E-state index is 11.9. The molecule has 0 spiro atoms. The molecule has 3 aromatic rings. The fourth-order valence-corrected chi connectivity index (χ4v) is 8.07. The Morgan fingerprint density at radius 2 is 1.76 bits per heavy atom. The highest BCUT2D eigenvalue weighted by Gasteiger charge is 2.45. The number of carboxylic acids is 1. The average molecular weight is 708 g/mol. The lowest BCUT2D eigenvalue weighted by atomic mass is 9.79. The topological polar surface area (TPSA) is 137 Å². The largest absolute Gasteiger partial charge is 0.481 e. The van der Waals surface area contributed by atoms with Crippen molar-refractivity contribution < 1.29 is 42.1 Å². The third-order valence-electron chi connectivity index (χ3n) is 9.46. The molecule has 49 heavy (non-hydrogen) atoms. The van der Waals surface area contributed by atoms with Crippen LogP contribution < -0.4 is 4.90 Å². The first-order valence-electron chi connectivity index (χ1n) is 16.3. The number of likely N-dealkylation sites (N-methyl/N-ethyl adjacent to an activating group) is 1. The molecule has 12 heteroatoms. The molecule has 2 aliphatic rings. The highest BCUT2D eigenvalue weighted by Crippen LogP contribution is 2.48. The van der Waals surface area contributed by atoms with Gasteiger partial charge in [-0.2, -0.15) is 13.0 Å². The Hall–Kier alpha value is -3.78. The van der Waals surface area contributed by atoms with E-state index in [4.69, 9.17) is 10.4 Å². The number of aliphatic carboxylic acids is 1. The van der Waals surface area contributed by atoms with Gasteiger partial charge in [-0.05, 0) is 92.4 Å². The number of nitrogens with zero attached hydrogens (tertiary/aromatic N) is 2. The molecular weight excluding hydrogens is 665 g/mol. The van der Waals surface area contributed by atoms with Crippen LogP contribution in [0.3, 0.4) is 0 Å². The van der Waals surface area contributed by atoms with E-state index in [0.29, 0.717) is 13.0 Å². The minimum absolute atomic E-state index is 0.115. The van der Waals surface area contributed by atoms with Crippen molar-refractivity contribution in [1.82, 2.24) is 0 Å². The smallest absolute Gasteiger partial charge is 0.303 e. The maximum absolute atomic E-state index is 11.9. The van der Waals surface area contributed by atoms with E-state index in [-0.39, 0.29) is 16.7 Å². The number of carboxylic acid groups (broad SMARTS) is 1. The molecule has 5 rings (SSSR count). The Labute approximate surface area is 291 Å². The van der Waals surface area contributed by atoms with Gasteiger partial charge in [0.15, 0.2) is 5.71 Å². The van der Waals surface area contributed by atoms with Gasteiger partial charge < -0.3 is 10.0 Å². The monoisotopic (exact) mass is 707 g/mol. The Morgan fingerprint density at radius 1 is 0.980 bits per heavy atom. The van der Waals surface area contributed by atoms with Crippen LogP contribution in [0.2, 0.25) is 0 Å². The zero-order chi connectivity index (χ0) is 35.6. The number of unbranched alkanes of at least 4 members (excludes halogenated alkanes) is 2. The first-order chi connectivity index (χ1) is 23.2. The van der Waals surface area contributed by atoms with Crippen molar-refractivity contribution in [3.05, 3.63) is 95.7 Å². The van der Waals surface area contributed by atoms with Crippen LogP contribution in [-0.2, 0) is 35.1 Å². The summed E-state index contributed by atoms with van der Waals surface area (Å²) in [5.41, 5.74) is 5.38. The van der Waals surface area contributed by atoms with Crippen LogP contribution in [0.4, 0.5) is 11.4 Å². The number of hydrogen-bond donors (Lipinski definition) is 3. The number of anilines is 1. The molecule has 0 aliphatic carbocycles. The van der Waals surface area contributed by atoms with Crippen molar-refractivity contribution in [3.8, 4) is 0 Å². The van der Waals surface area contributed by atoms with Gasteiger partial charge in [0.25, 0.3) is 10.1 Å². The minimum atomic E-state index is -4.32. The Morgan fingerprint density at radius 3 is 2.45 bits per heavy atom. The highest BCUT2D eigenvalue weighted by molar-refractivity contribution is 7.94. The third-order valence-corrected chi connectivity index (χ3v) is 10.9. The summed E-state index contributed by atoms with van der Waals surface area (Å²) in [5.74, 6) is -0.778. The van der Waals surface area contributed by atoms with Crippen LogP contribution >= 0.6 is 12.0 Å². The Bertz CT molecular complexity index is 1990. The molecule has 2 heterocycles. The molecule has 3 N–H and O–H groups in total. The second-order valence-electron chi connectivity index (χ2n) is 13.3. The normalized spacial score (nSPS) is 17.6. The standard InChI is InChI=1S/C37H42N2O8S2/c1-6-38-30-21-18-27(49(43,44)45)24-29(30)36(2,3)32(38)13-9-7-10-14-33-37(4,5)35-28-19-17-26(48-47-46-42)23-25(28)16-20-31(35)39(33)22-12-8-11-15-34(40)41/h7,9-10,13-14,16-21,23-24H,6,8,11-12,15,22H2,1-5H3,(H2-,40,41,42,43,44,45)/p+1. The average Bonchev–Trinajstić information content (AvgIpc) is 3.40. The minimum Gasteiger partial charge on any atom is -0.481 e. The molecule has 0 saturated heterocycles. The van der Waals surface area contributed by atoms with E-state index in [1.165, 1.54) is 11.6 Å². The zero-order valence-electron chi connectivity index (χ0n) is 28.3. The lowest BCUT2D eigenvalue weighted by Gasteiger charge is -2.25. The summed E-state index contributed by atoms with van der Waals surface area (Å²) in [6, 6.07) is 14.9. The summed E-state index contributed by atoms with van der Waals surface area (Å²) in [7, 11) is -4.32. The SMILES string of the molecule is CCN1\C(=C/C=C/C=C/C2=[N+](CCCCCC(=O)O)c3ccc4cc(SOOO)ccc4c3C2(C)C)C(C)(C)c2cc(S(=O)(=O)O)ccc21. The van der Waals surface area contributed by atoms with E-state index >= 15 is 0 Å². The molecule has 0 unspecified atom stereocenters. The molecule has 0 amide bonds. The molecule has 10 nitrogen and oxygen atoms in total. The first-order valence-corrected chi connectivity index (χ1v) is 18.4. The van der Waals surface area contributed by atoms with Gasteiger partial charge in [0.2, 0.25) is 5.69 Å². The van der Waals surface area contributed by atoms with Crippen LogP contribution in [0.1, 0.15) is 71.4 Å². The molecule has 0 atom stereocenters. The number of benzene rings is 3. The van der Waals surface area contributed by atoms with Crippen molar-refractivity contribution in [1.29, 1.82) is 0 Å². The number of rotatable bonds is 14. The van der Waals surface area contributed by atoms with Gasteiger partial charge in [-0.3, -0.25) is 9.35 Å². The summed E-state index contributed by atoms with van der Waals surface area (Å²) in [5, 5.41) is 23.6. The summed E-state index contributed by atoms with van der Waals surface area (Å²) < 4.78 is 40.3.